The Morgan fingerprint density at radius 2 is 2.05 bits per heavy atom. The molecule has 0 fully saturated rings. The SMILES string of the molecule is CCc1cc2c(NCC(C)N)nc(-c3ccncc3)nc2s1. The molecule has 1 unspecified atom stereocenters. The number of fused-ring (bicyclic) bond motifs is 1. The van der Waals surface area contributed by atoms with Gasteiger partial charge in [0, 0.05) is 35.4 Å². The van der Waals surface area contributed by atoms with Gasteiger partial charge in [-0.1, -0.05) is 6.92 Å². The number of pyridine rings is 1. The summed E-state index contributed by atoms with van der Waals surface area (Å²) in [6, 6.07) is 6.08. The zero-order valence-corrected chi connectivity index (χ0v) is 13.5. The highest BCUT2D eigenvalue weighted by atomic mass is 32.1. The van der Waals surface area contributed by atoms with Crippen molar-refractivity contribution in [2.75, 3.05) is 11.9 Å². The van der Waals surface area contributed by atoms with Crippen LogP contribution in [0.5, 0.6) is 0 Å². The molecule has 22 heavy (non-hydrogen) atoms. The molecular weight excluding hydrogens is 294 g/mol. The molecule has 114 valence electrons. The van der Waals surface area contributed by atoms with E-state index in [0.717, 1.165) is 28.0 Å². The van der Waals surface area contributed by atoms with Crippen molar-refractivity contribution < 1.29 is 0 Å². The van der Waals surface area contributed by atoms with Crippen molar-refractivity contribution in [3.05, 3.63) is 35.5 Å². The fourth-order valence-electron chi connectivity index (χ4n) is 2.17. The minimum atomic E-state index is 0.0682. The van der Waals surface area contributed by atoms with Crippen molar-refractivity contribution in [3.8, 4) is 11.4 Å². The fraction of sp³-hybridized carbons (Fsp3) is 0.312. The highest BCUT2D eigenvalue weighted by molar-refractivity contribution is 7.18. The Labute approximate surface area is 133 Å². The van der Waals surface area contributed by atoms with Gasteiger partial charge in [0.05, 0.1) is 5.39 Å². The van der Waals surface area contributed by atoms with E-state index >= 15 is 0 Å². The Morgan fingerprint density at radius 1 is 1.27 bits per heavy atom. The number of aromatic nitrogens is 3. The summed E-state index contributed by atoms with van der Waals surface area (Å²) in [5.74, 6) is 1.57. The number of nitrogens with one attached hydrogen (secondary N) is 1. The Morgan fingerprint density at radius 3 is 2.73 bits per heavy atom. The van der Waals surface area contributed by atoms with Gasteiger partial charge in [0.25, 0.3) is 0 Å². The number of anilines is 1. The molecule has 1 atom stereocenters. The largest absolute Gasteiger partial charge is 0.368 e. The summed E-state index contributed by atoms with van der Waals surface area (Å²) in [5.41, 5.74) is 6.82. The molecule has 0 saturated heterocycles. The van der Waals surface area contributed by atoms with E-state index in [9.17, 15) is 0 Å². The van der Waals surface area contributed by atoms with E-state index in [-0.39, 0.29) is 6.04 Å². The van der Waals surface area contributed by atoms with E-state index < -0.39 is 0 Å². The minimum Gasteiger partial charge on any atom is -0.368 e. The first-order valence-corrected chi connectivity index (χ1v) is 8.19. The molecule has 0 aliphatic heterocycles. The average molecular weight is 313 g/mol. The van der Waals surface area contributed by atoms with Crippen LogP contribution in [0, 0.1) is 0 Å². The normalized spacial score (nSPS) is 12.5. The Hall–Kier alpha value is -2.05. The van der Waals surface area contributed by atoms with E-state index in [1.807, 2.05) is 19.1 Å². The third-order valence-electron chi connectivity index (χ3n) is 3.32. The second-order valence-electron chi connectivity index (χ2n) is 5.27. The number of nitrogens with zero attached hydrogens (tertiary/aromatic N) is 3. The number of nitrogens with two attached hydrogens (primary N) is 1. The van der Waals surface area contributed by atoms with Crippen LogP contribution in [0.25, 0.3) is 21.6 Å². The van der Waals surface area contributed by atoms with Gasteiger partial charge in [0.15, 0.2) is 5.82 Å². The van der Waals surface area contributed by atoms with Crippen LogP contribution in [-0.4, -0.2) is 27.5 Å². The van der Waals surface area contributed by atoms with Crippen LogP contribution in [0.4, 0.5) is 5.82 Å². The first kappa shape index (κ1) is 14.9. The number of hydrogen-bond donors (Lipinski definition) is 2. The molecule has 0 bridgehead atoms. The molecule has 5 nitrogen and oxygen atoms in total. The Kier molecular flexibility index (Phi) is 4.31. The molecule has 0 spiro atoms. The Balaban J connectivity index is 2.10. The number of thiophene rings is 1. The number of hydrogen-bond acceptors (Lipinski definition) is 6. The van der Waals surface area contributed by atoms with Crippen LogP contribution in [0.2, 0.25) is 0 Å². The van der Waals surface area contributed by atoms with Gasteiger partial charge in [-0.05, 0) is 31.5 Å². The monoisotopic (exact) mass is 313 g/mol. The van der Waals surface area contributed by atoms with Gasteiger partial charge < -0.3 is 11.1 Å². The lowest BCUT2D eigenvalue weighted by molar-refractivity contribution is 0.778. The van der Waals surface area contributed by atoms with Gasteiger partial charge in [0.2, 0.25) is 0 Å². The second-order valence-corrected chi connectivity index (χ2v) is 6.39. The lowest BCUT2D eigenvalue weighted by Crippen LogP contribution is -2.25. The molecule has 0 saturated carbocycles. The smallest absolute Gasteiger partial charge is 0.163 e. The van der Waals surface area contributed by atoms with Crippen molar-refractivity contribution in [1.82, 2.24) is 15.0 Å². The highest BCUT2D eigenvalue weighted by Gasteiger charge is 2.12. The molecule has 3 N–H and O–H groups in total. The second kappa shape index (κ2) is 6.37. The van der Waals surface area contributed by atoms with Crippen molar-refractivity contribution in [3.63, 3.8) is 0 Å². The van der Waals surface area contributed by atoms with E-state index in [0.29, 0.717) is 12.4 Å². The average Bonchev–Trinajstić information content (AvgIpc) is 2.96. The molecule has 0 aliphatic carbocycles. The van der Waals surface area contributed by atoms with Gasteiger partial charge >= 0.3 is 0 Å². The molecule has 3 heterocycles. The van der Waals surface area contributed by atoms with Crippen molar-refractivity contribution >= 4 is 27.4 Å². The molecule has 3 aromatic rings. The lowest BCUT2D eigenvalue weighted by atomic mass is 10.2. The summed E-state index contributed by atoms with van der Waals surface area (Å²) < 4.78 is 0. The van der Waals surface area contributed by atoms with Gasteiger partial charge in [-0.3, -0.25) is 4.98 Å². The van der Waals surface area contributed by atoms with Crippen LogP contribution >= 0.6 is 11.3 Å². The summed E-state index contributed by atoms with van der Waals surface area (Å²) in [4.78, 5) is 15.8. The summed E-state index contributed by atoms with van der Waals surface area (Å²) in [6.07, 6.45) is 4.51. The summed E-state index contributed by atoms with van der Waals surface area (Å²) in [5, 5.41) is 4.42. The van der Waals surface area contributed by atoms with E-state index in [1.54, 1.807) is 23.7 Å². The predicted octanol–water partition coefficient (Wildman–Crippen LogP) is 3.07. The minimum absolute atomic E-state index is 0.0682. The van der Waals surface area contributed by atoms with Crippen LogP contribution in [0.1, 0.15) is 18.7 Å². The van der Waals surface area contributed by atoms with E-state index in [1.165, 1.54) is 4.88 Å². The molecule has 0 aromatic carbocycles. The van der Waals surface area contributed by atoms with Crippen molar-refractivity contribution in [2.24, 2.45) is 5.73 Å². The fourth-order valence-corrected chi connectivity index (χ4v) is 3.14. The number of aryl methyl sites for hydroxylation is 1. The predicted molar refractivity (Wildman–Crippen MR) is 92.2 cm³/mol. The van der Waals surface area contributed by atoms with Crippen LogP contribution < -0.4 is 11.1 Å². The van der Waals surface area contributed by atoms with Crippen LogP contribution in [0.3, 0.4) is 0 Å². The molecular formula is C16H19N5S. The van der Waals surface area contributed by atoms with E-state index in [2.05, 4.69) is 23.3 Å². The Bertz CT molecular complexity index is 767. The topological polar surface area (TPSA) is 76.7 Å². The van der Waals surface area contributed by atoms with Crippen LogP contribution in [-0.2, 0) is 6.42 Å². The molecule has 6 heteroatoms. The zero-order valence-electron chi connectivity index (χ0n) is 12.7. The summed E-state index contributed by atoms with van der Waals surface area (Å²) in [6.45, 7) is 4.80. The van der Waals surface area contributed by atoms with Gasteiger partial charge in [0.1, 0.15) is 10.6 Å². The van der Waals surface area contributed by atoms with Crippen molar-refractivity contribution in [2.45, 2.75) is 26.3 Å². The third kappa shape index (κ3) is 3.08. The molecule has 0 amide bonds. The van der Waals surface area contributed by atoms with Crippen molar-refractivity contribution in [1.29, 1.82) is 0 Å². The quantitative estimate of drug-likeness (QED) is 0.757. The van der Waals surface area contributed by atoms with Crippen LogP contribution in [0.15, 0.2) is 30.6 Å². The molecule has 3 aromatic heterocycles. The molecule has 0 aliphatic rings. The van der Waals surface area contributed by atoms with Gasteiger partial charge in [-0.15, -0.1) is 11.3 Å². The first-order chi connectivity index (χ1) is 10.7. The number of rotatable bonds is 5. The standard InChI is InChI=1S/C16H19N5S/c1-3-12-8-13-15(19-9-10(2)17)20-14(21-16(13)22-12)11-4-6-18-7-5-11/h4-8,10H,3,9,17H2,1-2H3,(H,19,20,21). The molecule has 3 rings (SSSR count). The van der Waals surface area contributed by atoms with E-state index in [4.69, 9.17) is 15.7 Å². The zero-order chi connectivity index (χ0) is 15.5. The maximum absolute atomic E-state index is 5.85. The summed E-state index contributed by atoms with van der Waals surface area (Å²) >= 11 is 1.72. The highest BCUT2D eigenvalue weighted by Crippen LogP contribution is 2.31. The first-order valence-electron chi connectivity index (χ1n) is 7.37. The summed E-state index contributed by atoms with van der Waals surface area (Å²) in [7, 11) is 0. The van der Waals surface area contributed by atoms with Gasteiger partial charge in [-0.25, -0.2) is 9.97 Å². The van der Waals surface area contributed by atoms with Gasteiger partial charge in [-0.2, -0.15) is 0 Å². The third-order valence-corrected chi connectivity index (χ3v) is 4.50. The maximum Gasteiger partial charge on any atom is 0.163 e. The molecule has 0 radical (unpaired) electrons. The maximum atomic E-state index is 5.85. The lowest BCUT2D eigenvalue weighted by Gasteiger charge is -2.10.